The van der Waals surface area contributed by atoms with Crippen molar-refractivity contribution in [1.29, 1.82) is 0 Å². The Kier molecular flexibility index (Phi) is 4.52. The highest BCUT2D eigenvalue weighted by atomic mass is 32.2. The van der Waals surface area contributed by atoms with Gasteiger partial charge in [-0.1, -0.05) is 38.1 Å². The predicted octanol–water partition coefficient (Wildman–Crippen LogP) is 2.10. The van der Waals surface area contributed by atoms with E-state index >= 15 is 0 Å². The molecule has 0 aromatic heterocycles. The lowest BCUT2D eigenvalue weighted by Crippen LogP contribution is -2.41. The maximum atomic E-state index is 12.4. The quantitative estimate of drug-likeness (QED) is 0.925. The normalized spacial score (nSPS) is 19.9. The Morgan fingerprint density at radius 3 is 2.10 bits per heavy atom. The summed E-state index contributed by atoms with van der Waals surface area (Å²) in [4.78, 5) is 0. The van der Waals surface area contributed by atoms with Crippen molar-refractivity contribution in [3.8, 4) is 0 Å². The summed E-state index contributed by atoms with van der Waals surface area (Å²) >= 11 is 0. The van der Waals surface area contributed by atoms with Crippen molar-refractivity contribution in [2.24, 2.45) is 11.1 Å². The van der Waals surface area contributed by atoms with Crippen LogP contribution in [0.25, 0.3) is 0 Å². The second-order valence-electron chi connectivity index (χ2n) is 6.34. The van der Waals surface area contributed by atoms with Crippen molar-refractivity contribution in [2.75, 3.05) is 13.1 Å². The number of benzene rings is 1. The van der Waals surface area contributed by atoms with Crippen LogP contribution in [0, 0.1) is 5.41 Å². The molecule has 4 nitrogen and oxygen atoms in total. The molecule has 0 saturated carbocycles. The Morgan fingerprint density at radius 2 is 1.60 bits per heavy atom. The molecule has 0 bridgehead atoms. The molecule has 20 heavy (non-hydrogen) atoms. The molecule has 5 heteroatoms. The highest BCUT2D eigenvalue weighted by Crippen LogP contribution is 2.31. The van der Waals surface area contributed by atoms with Gasteiger partial charge in [-0.2, -0.15) is 0 Å². The van der Waals surface area contributed by atoms with Crippen LogP contribution in [0.4, 0.5) is 0 Å². The van der Waals surface area contributed by atoms with Gasteiger partial charge in [0.05, 0.1) is 5.75 Å². The lowest BCUT2D eigenvalue weighted by atomic mass is 9.83. The van der Waals surface area contributed by atoms with Gasteiger partial charge in [0, 0.05) is 19.6 Å². The van der Waals surface area contributed by atoms with Crippen LogP contribution in [0.2, 0.25) is 0 Å². The van der Waals surface area contributed by atoms with E-state index in [-0.39, 0.29) is 11.2 Å². The Bertz CT molecular complexity index is 540. The molecule has 112 valence electrons. The number of nitrogens with two attached hydrogens (primary N) is 1. The first kappa shape index (κ1) is 15.5. The molecule has 1 fully saturated rings. The summed E-state index contributed by atoms with van der Waals surface area (Å²) in [6, 6.07) is 7.50. The van der Waals surface area contributed by atoms with Crippen LogP contribution in [0.3, 0.4) is 0 Å². The first-order valence-electron chi connectivity index (χ1n) is 7.08. The number of hydrogen-bond donors (Lipinski definition) is 1. The second-order valence-corrected chi connectivity index (χ2v) is 8.31. The number of nitrogens with zero attached hydrogens (tertiary/aromatic N) is 1. The molecule has 1 aromatic rings. The number of piperidine rings is 1. The molecular weight excluding hydrogens is 272 g/mol. The van der Waals surface area contributed by atoms with Gasteiger partial charge in [-0.05, 0) is 29.4 Å². The van der Waals surface area contributed by atoms with Gasteiger partial charge >= 0.3 is 0 Å². The topological polar surface area (TPSA) is 63.4 Å². The van der Waals surface area contributed by atoms with E-state index in [1.54, 1.807) is 4.31 Å². The Hall–Kier alpha value is -0.910. The third kappa shape index (κ3) is 3.81. The molecule has 1 heterocycles. The zero-order valence-corrected chi connectivity index (χ0v) is 13.1. The first-order valence-corrected chi connectivity index (χ1v) is 8.69. The predicted molar refractivity (Wildman–Crippen MR) is 81.5 cm³/mol. The smallest absolute Gasteiger partial charge is 0.218 e. The third-order valence-electron chi connectivity index (χ3n) is 4.08. The fourth-order valence-corrected chi connectivity index (χ4v) is 3.98. The molecule has 2 rings (SSSR count). The van der Waals surface area contributed by atoms with Gasteiger partial charge in [0.25, 0.3) is 0 Å². The maximum Gasteiger partial charge on any atom is 0.218 e. The lowest BCUT2D eigenvalue weighted by molar-refractivity contribution is 0.195. The van der Waals surface area contributed by atoms with Crippen molar-refractivity contribution in [3.63, 3.8) is 0 Å². The largest absolute Gasteiger partial charge is 0.326 e. The highest BCUT2D eigenvalue weighted by molar-refractivity contribution is 7.88. The van der Waals surface area contributed by atoms with Crippen LogP contribution >= 0.6 is 0 Å². The van der Waals surface area contributed by atoms with Crippen LogP contribution in [0.1, 0.15) is 37.8 Å². The monoisotopic (exact) mass is 296 g/mol. The standard InChI is InChI=1S/C15H24N2O2S/c1-15(2)7-9-17(10-8-15)20(18,19)12-14-5-3-13(11-16)4-6-14/h3-6H,7-12,16H2,1-2H3. The van der Waals surface area contributed by atoms with Crippen molar-refractivity contribution in [3.05, 3.63) is 35.4 Å². The minimum Gasteiger partial charge on any atom is -0.326 e. The lowest BCUT2D eigenvalue weighted by Gasteiger charge is -2.36. The van der Waals surface area contributed by atoms with Gasteiger partial charge in [0.15, 0.2) is 0 Å². The molecule has 0 spiro atoms. The van der Waals surface area contributed by atoms with Gasteiger partial charge in [0.1, 0.15) is 0 Å². The molecule has 0 aliphatic carbocycles. The molecule has 1 saturated heterocycles. The van der Waals surface area contributed by atoms with E-state index in [2.05, 4.69) is 13.8 Å². The minimum atomic E-state index is -3.20. The van der Waals surface area contributed by atoms with E-state index in [9.17, 15) is 8.42 Å². The SMILES string of the molecule is CC1(C)CCN(S(=O)(=O)Cc2ccc(CN)cc2)CC1. The van der Waals surface area contributed by atoms with E-state index in [4.69, 9.17) is 5.73 Å². The average molecular weight is 296 g/mol. The van der Waals surface area contributed by atoms with Crippen molar-refractivity contribution < 1.29 is 8.42 Å². The zero-order valence-electron chi connectivity index (χ0n) is 12.3. The van der Waals surface area contributed by atoms with Gasteiger partial charge in [-0.3, -0.25) is 0 Å². The Labute approximate surface area is 122 Å². The molecular formula is C15H24N2O2S. The third-order valence-corrected chi connectivity index (χ3v) is 5.93. The first-order chi connectivity index (χ1) is 9.32. The molecule has 2 N–H and O–H groups in total. The molecule has 0 radical (unpaired) electrons. The fourth-order valence-electron chi connectivity index (χ4n) is 2.44. The fraction of sp³-hybridized carbons (Fsp3) is 0.600. The Balaban J connectivity index is 2.03. The summed E-state index contributed by atoms with van der Waals surface area (Å²) in [6.45, 7) is 6.14. The molecule has 1 aromatic carbocycles. The number of hydrogen-bond acceptors (Lipinski definition) is 3. The number of rotatable bonds is 4. The van der Waals surface area contributed by atoms with Crippen LogP contribution in [-0.4, -0.2) is 25.8 Å². The van der Waals surface area contributed by atoms with Crippen LogP contribution in [0.15, 0.2) is 24.3 Å². The summed E-state index contributed by atoms with van der Waals surface area (Å²) in [7, 11) is -3.20. The highest BCUT2D eigenvalue weighted by Gasteiger charge is 2.31. The van der Waals surface area contributed by atoms with Crippen LogP contribution in [-0.2, 0) is 22.3 Å². The second kappa shape index (κ2) is 5.84. The summed E-state index contributed by atoms with van der Waals surface area (Å²) < 4.78 is 26.5. The van der Waals surface area contributed by atoms with Crippen molar-refractivity contribution >= 4 is 10.0 Å². The minimum absolute atomic E-state index is 0.0816. The average Bonchev–Trinajstić information content (AvgIpc) is 2.38. The molecule has 0 atom stereocenters. The molecule has 0 amide bonds. The maximum absolute atomic E-state index is 12.4. The summed E-state index contributed by atoms with van der Waals surface area (Å²) in [5.74, 6) is 0.0816. The van der Waals surface area contributed by atoms with Gasteiger partial charge in [-0.25, -0.2) is 12.7 Å². The van der Waals surface area contributed by atoms with E-state index in [0.29, 0.717) is 19.6 Å². The summed E-state index contributed by atoms with van der Waals surface area (Å²) in [6.07, 6.45) is 1.86. The van der Waals surface area contributed by atoms with Crippen molar-refractivity contribution in [1.82, 2.24) is 4.31 Å². The van der Waals surface area contributed by atoms with E-state index in [0.717, 1.165) is 24.0 Å². The van der Waals surface area contributed by atoms with E-state index < -0.39 is 10.0 Å². The zero-order chi connectivity index (χ0) is 14.8. The van der Waals surface area contributed by atoms with Crippen LogP contribution in [0.5, 0.6) is 0 Å². The van der Waals surface area contributed by atoms with Gasteiger partial charge < -0.3 is 5.73 Å². The Morgan fingerprint density at radius 1 is 1.10 bits per heavy atom. The molecule has 1 aliphatic heterocycles. The van der Waals surface area contributed by atoms with Gasteiger partial charge in [-0.15, -0.1) is 0 Å². The molecule has 1 aliphatic rings. The number of sulfonamides is 1. The van der Waals surface area contributed by atoms with Crippen molar-refractivity contribution in [2.45, 2.75) is 39.0 Å². The van der Waals surface area contributed by atoms with E-state index in [1.165, 1.54) is 0 Å². The summed E-state index contributed by atoms with van der Waals surface area (Å²) in [5, 5.41) is 0. The van der Waals surface area contributed by atoms with Gasteiger partial charge in [0.2, 0.25) is 10.0 Å². The van der Waals surface area contributed by atoms with Crippen LogP contribution < -0.4 is 5.73 Å². The molecule has 0 unspecified atom stereocenters. The van der Waals surface area contributed by atoms with E-state index in [1.807, 2.05) is 24.3 Å². The summed E-state index contributed by atoms with van der Waals surface area (Å²) in [5.41, 5.74) is 7.65.